The molecule has 0 aromatic carbocycles. The van der Waals surface area contributed by atoms with Gasteiger partial charge in [-0.05, 0) is 19.9 Å². The molecule has 0 aliphatic carbocycles. The number of phosphoric ester groups is 1. The summed E-state index contributed by atoms with van der Waals surface area (Å²) in [6.45, 7) is 4.99. The quantitative estimate of drug-likeness (QED) is 0.771. The van der Waals surface area contributed by atoms with Crippen molar-refractivity contribution >= 4 is 13.6 Å². The molecule has 0 amide bonds. The zero-order chi connectivity index (χ0) is 18.4. The van der Waals surface area contributed by atoms with Crippen LogP contribution in [0.15, 0.2) is 17.1 Å². The third-order valence-electron chi connectivity index (χ3n) is 4.14. The number of phosphoric acid groups is 1. The number of anilines is 1. The van der Waals surface area contributed by atoms with Gasteiger partial charge in [0.2, 0.25) is 5.72 Å². The van der Waals surface area contributed by atoms with Crippen molar-refractivity contribution in [3.8, 4) is 6.07 Å². The first-order valence-electron chi connectivity index (χ1n) is 7.77. The molecule has 1 aromatic rings. The van der Waals surface area contributed by atoms with E-state index in [2.05, 4.69) is 4.98 Å². The largest absolute Gasteiger partial charge is 0.475 e. The standard InChI is InChI=1S/C14H19N4O6P/c1-8(2)23-25(20)21-6-10-12(24-25)9(3)14(7-15,22-10)18-5-4-11(16)17-13(18)19/h4-5,8-10,12H,6H2,1-3H3,(H2,16,17,19). The number of nitrogens with two attached hydrogens (primary N) is 1. The van der Waals surface area contributed by atoms with Crippen molar-refractivity contribution in [1.82, 2.24) is 9.55 Å². The number of aromatic nitrogens is 2. The first kappa shape index (κ1) is 18.0. The minimum atomic E-state index is -3.77. The van der Waals surface area contributed by atoms with Crippen molar-refractivity contribution in [1.29, 1.82) is 5.26 Å². The highest BCUT2D eigenvalue weighted by atomic mass is 31.2. The molecule has 0 saturated carbocycles. The summed E-state index contributed by atoms with van der Waals surface area (Å²) in [5.41, 5.74) is 3.09. The van der Waals surface area contributed by atoms with Crippen LogP contribution in [0.3, 0.4) is 0 Å². The summed E-state index contributed by atoms with van der Waals surface area (Å²) >= 11 is 0. The zero-order valence-electron chi connectivity index (χ0n) is 14.0. The number of nitriles is 1. The van der Waals surface area contributed by atoms with Crippen molar-refractivity contribution in [3.63, 3.8) is 0 Å². The van der Waals surface area contributed by atoms with Crippen molar-refractivity contribution in [2.75, 3.05) is 12.3 Å². The van der Waals surface area contributed by atoms with Crippen LogP contribution in [0.1, 0.15) is 20.8 Å². The molecule has 5 unspecified atom stereocenters. The van der Waals surface area contributed by atoms with Gasteiger partial charge in [0.1, 0.15) is 24.1 Å². The first-order valence-corrected chi connectivity index (χ1v) is 9.23. The summed E-state index contributed by atoms with van der Waals surface area (Å²) in [5, 5.41) is 9.77. The lowest BCUT2D eigenvalue weighted by molar-refractivity contribution is -0.104. The maximum Gasteiger partial charge on any atom is 0.475 e. The van der Waals surface area contributed by atoms with E-state index in [-0.39, 0.29) is 18.5 Å². The van der Waals surface area contributed by atoms with E-state index in [4.69, 9.17) is 24.0 Å². The highest BCUT2D eigenvalue weighted by Crippen LogP contribution is 2.59. The van der Waals surface area contributed by atoms with Crippen LogP contribution >= 0.6 is 7.82 Å². The molecule has 0 spiro atoms. The molecule has 5 atom stereocenters. The number of nitrogens with zero attached hydrogens (tertiary/aromatic N) is 3. The Morgan fingerprint density at radius 3 is 2.92 bits per heavy atom. The predicted molar refractivity (Wildman–Crippen MR) is 85.2 cm³/mol. The van der Waals surface area contributed by atoms with Crippen LogP contribution in [0.2, 0.25) is 0 Å². The number of hydrogen-bond donors (Lipinski definition) is 1. The van der Waals surface area contributed by atoms with Gasteiger partial charge in [-0.2, -0.15) is 10.2 Å². The van der Waals surface area contributed by atoms with E-state index in [1.807, 2.05) is 6.07 Å². The topological polar surface area (TPSA) is 139 Å². The van der Waals surface area contributed by atoms with Gasteiger partial charge >= 0.3 is 13.5 Å². The van der Waals surface area contributed by atoms with Gasteiger partial charge in [-0.1, -0.05) is 6.92 Å². The highest BCUT2D eigenvalue weighted by Gasteiger charge is 2.60. The van der Waals surface area contributed by atoms with Gasteiger partial charge in [-0.15, -0.1) is 0 Å². The van der Waals surface area contributed by atoms with Crippen molar-refractivity contribution in [2.45, 2.75) is 44.8 Å². The van der Waals surface area contributed by atoms with Gasteiger partial charge in [0, 0.05) is 12.1 Å². The average molecular weight is 370 g/mol. The van der Waals surface area contributed by atoms with E-state index in [1.54, 1.807) is 20.8 Å². The Labute approximate surface area is 144 Å². The Morgan fingerprint density at radius 1 is 1.60 bits per heavy atom. The molecule has 11 heteroatoms. The number of nitrogen functional groups attached to an aromatic ring is 1. The molecule has 0 bridgehead atoms. The van der Waals surface area contributed by atoms with E-state index in [0.29, 0.717) is 0 Å². The number of ether oxygens (including phenoxy) is 1. The van der Waals surface area contributed by atoms with Crippen LogP contribution in [0, 0.1) is 17.2 Å². The molecule has 2 saturated heterocycles. The van der Waals surface area contributed by atoms with Crippen LogP contribution in [0.25, 0.3) is 0 Å². The minimum absolute atomic E-state index is 0.0341. The monoisotopic (exact) mass is 370 g/mol. The lowest BCUT2D eigenvalue weighted by Crippen LogP contribution is -2.45. The number of rotatable bonds is 3. The third kappa shape index (κ3) is 2.99. The lowest BCUT2D eigenvalue weighted by Gasteiger charge is -2.32. The van der Waals surface area contributed by atoms with Gasteiger partial charge in [-0.25, -0.2) is 9.36 Å². The molecule has 2 fully saturated rings. The van der Waals surface area contributed by atoms with Crippen LogP contribution in [-0.4, -0.2) is 34.5 Å². The Balaban J connectivity index is 1.97. The summed E-state index contributed by atoms with van der Waals surface area (Å²) in [4.78, 5) is 15.8. The fraction of sp³-hybridized carbons (Fsp3) is 0.643. The normalized spacial score (nSPS) is 37.6. The SMILES string of the molecule is CC(C)OP1(=O)OCC2OC(C#N)(n3ccc(N)nc3=O)C(C)C2O1. The van der Waals surface area contributed by atoms with E-state index in [1.165, 1.54) is 12.3 Å². The second kappa shape index (κ2) is 6.20. The van der Waals surface area contributed by atoms with E-state index in [9.17, 15) is 14.6 Å². The van der Waals surface area contributed by atoms with Crippen molar-refractivity contribution in [2.24, 2.45) is 5.92 Å². The Kier molecular flexibility index (Phi) is 4.47. The molecular formula is C14H19N4O6P. The summed E-state index contributed by atoms with van der Waals surface area (Å²) in [6, 6.07) is 3.41. The molecule has 3 rings (SSSR count). The van der Waals surface area contributed by atoms with Gasteiger partial charge in [-0.3, -0.25) is 18.1 Å². The minimum Gasteiger partial charge on any atom is -0.383 e. The van der Waals surface area contributed by atoms with E-state index >= 15 is 0 Å². The van der Waals surface area contributed by atoms with Crippen LogP contribution < -0.4 is 11.4 Å². The van der Waals surface area contributed by atoms with Gasteiger partial charge < -0.3 is 10.5 Å². The molecule has 3 heterocycles. The molecule has 2 aliphatic heterocycles. The molecule has 10 nitrogen and oxygen atoms in total. The van der Waals surface area contributed by atoms with Crippen LogP contribution in [0.4, 0.5) is 5.82 Å². The average Bonchev–Trinajstić information content (AvgIpc) is 2.79. The number of fused-ring (bicyclic) bond motifs is 1. The maximum absolute atomic E-state index is 12.6. The molecule has 2 aliphatic rings. The van der Waals surface area contributed by atoms with Gasteiger partial charge in [0.25, 0.3) is 0 Å². The molecule has 0 radical (unpaired) electrons. The Morgan fingerprint density at radius 2 is 2.32 bits per heavy atom. The molecule has 136 valence electrons. The summed E-state index contributed by atoms with van der Waals surface area (Å²) in [7, 11) is -3.77. The fourth-order valence-corrected chi connectivity index (χ4v) is 4.66. The fourth-order valence-electron chi connectivity index (χ4n) is 3.02. The highest BCUT2D eigenvalue weighted by molar-refractivity contribution is 7.48. The van der Waals surface area contributed by atoms with Gasteiger partial charge in [0.15, 0.2) is 0 Å². The second-order valence-corrected chi connectivity index (χ2v) is 7.80. The summed E-state index contributed by atoms with van der Waals surface area (Å²) in [6.07, 6.45) is -0.462. The lowest BCUT2D eigenvalue weighted by atomic mass is 9.94. The maximum atomic E-state index is 12.6. The van der Waals surface area contributed by atoms with E-state index in [0.717, 1.165) is 4.57 Å². The van der Waals surface area contributed by atoms with E-state index < -0.39 is 37.4 Å². The predicted octanol–water partition coefficient (Wildman–Crippen LogP) is 0.985. The summed E-state index contributed by atoms with van der Waals surface area (Å²) in [5.74, 6) is -0.606. The zero-order valence-corrected chi connectivity index (χ0v) is 14.9. The van der Waals surface area contributed by atoms with Crippen molar-refractivity contribution in [3.05, 3.63) is 22.7 Å². The molecule has 1 aromatic heterocycles. The molecular weight excluding hydrogens is 351 g/mol. The van der Waals surface area contributed by atoms with Crippen LogP contribution in [-0.2, 0) is 28.6 Å². The van der Waals surface area contributed by atoms with Gasteiger partial charge in [0.05, 0.1) is 12.7 Å². The first-order chi connectivity index (χ1) is 11.7. The molecule has 25 heavy (non-hydrogen) atoms. The Hall–Kier alpha value is -1.76. The smallest absolute Gasteiger partial charge is 0.383 e. The Bertz CT molecular complexity index is 820. The van der Waals surface area contributed by atoms with Crippen LogP contribution in [0.5, 0.6) is 0 Å². The number of hydrogen-bond acceptors (Lipinski definition) is 9. The second-order valence-electron chi connectivity index (χ2n) is 6.23. The summed E-state index contributed by atoms with van der Waals surface area (Å²) < 4.78 is 35.5. The third-order valence-corrected chi connectivity index (χ3v) is 5.79. The molecule has 2 N–H and O–H groups in total. The van der Waals surface area contributed by atoms with Crippen molar-refractivity contribution < 1.29 is 22.9 Å².